The molecular weight excluding hydrogens is 497 g/mol. The first kappa shape index (κ1) is 25.2. The predicted octanol–water partition coefficient (Wildman–Crippen LogP) is 3.15. The lowest BCUT2D eigenvalue weighted by molar-refractivity contribution is -0.00520. The van der Waals surface area contributed by atoms with Gasteiger partial charge in [0, 0.05) is 18.2 Å². The van der Waals surface area contributed by atoms with Crippen molar-refractivity contribution < 1.29 is 39.9 Å². The number of benzene rings is 2. The maximum atomic E-state index is 15.6. The number of halogens is 5. The number of amides is 2. The molecular formula is C22H22F5N3O4S. The monoisotopic (exact) mass is 519 g/mol. The molecule has 0 aliphatic carbocycles. The number of rotatable bonds is 3. The van der Waals surface area contributed by atoms with E-state index in [0.717, 1.165) is 15.9 Å². The largest absolute Gasteiger partial charge is 0.488 e. The van der Waals surface area contributed by atoms with Crippen LogP contribution in [0, 0.1) is 11.6 Å². The minimum absolute atomic E-state index is 0.0619. The highest BCUT2D eigenvalue weighted by Gasteiger charge is 2.57. The molecule has 2 aromatic carbocycles. The highest BCUT2D eigenvalue weighted by molar-refractivity contribution is 7.89. The molecule has 2 atom stereocenters. The fourth-order valence-corrected chi connectivity index (χ4v) is 5.15. The molecule has 190 valence electrons. The van der Waals surface area contributed by atoms with Gasteiger partial charge in [0.25, 0.3) is 5.92 Å². The summed E-state index contributed by atoms with van der Waals surface area (Å²) in [6.07, 6.45) is -0.514. The van der Waals surface area contributed by atoms with Crippen molar-refractivity contribution in [2.45, 2.75) is 24.4 Å². The van der Waals surface area contributed by atoms with Crippen LogP contribution >= 0.6 is 0 Å². The zero-order chi connectivity index (χ0) is 25.5. The number of carbonyl (C=O) groups is 1. The van der Waals surface area contributed by atoms with E-state index in [1.165, 1.54) is 37.4 Å². The predicted molar refractivity (Wildman–Crippen MR) is 116 cm³/mol. The number of ether oxygens (including phenoxy) is 1. The molecule has 0 aromatic heterocycles. The molecule has 2 aliphatic rings. The Balaban J connectivity index is 1.86. The van der Waals surface area contributed by atoms with E-state index in [1.807, 2.05) is 0 Å². The first-order valence-corrected chi connectivity index (χ1v) is 12.2. The van der Waals surface area contributed by atoms with Gasteiger partial charge in [-0.15, -0.1) is 0 Å². The zero-order valence-electron chi connectivity index (χ0n) is 18.5. The molecule has 2 heterocycles. The van der Waals surface area contributed by atoms with Crippen LogP contribution in [-0.2, 0) is 16.4 Å². The summed E-state index contributed by atoms with van der Waals surface area (Å²) in [4.78, 5) is 14.9. The second-order valence-electron chi connectivity index (χ2n) is 8.43. The summed E-state index contributed by atoms with van der Waals surface area (Å²) in [7, 11) is -3.43. The summed E-state index contributed by atoms with van der Waals surface area (Å²) in [5.74, 6) is -5.62. The first-order chi connectivity index (χ1) is 16.4. The quantitative estimate of drug-likeness (QED) is 0.633. The Morgan fingerprint density at radius 3 is 2.54 bits per heavy atom. The number of carbonyl (C=O) groups excluding carboxylic acids is 1. The van der Waals surface area contributed by atoms with Crippen molar-refractivity contribution in [1.29, 1.82) is 0 Å². The van der Waals surface area contributed by atoms with Crippen LogP contribution in [0.1, 0.15) is 5.56 Å². The van der Waals surface area contributed by atoms with Crippen molar-refractivity contribution in [2.24, 2.45) is 0 Å². The average molecular weight is 519 g/mol. The third-order valence-electron chi connectivity index (χ3n) is 6.08. The summed E-state index contributed by atoms with van der Waals surface area (Å²) in [5, 5.41) is 0. The van der Waals surface area contributed by atoms with Gasteiger partial charge < -0.3 is 14.5 Å². The number of nitrogens with one attached hydrogen (secondary N) is 1. The Morgan fingerprint density at radius 2 is 1.83 bits per heavy atom. The minimum Gasteiger partial charge on any atom is -0.488 e. The Bertz CT molecular complexity index is 1240. The van der Waals surface area contributed by atoms with Gasteiger partial charge >= 0.3 is 6.03 Å². The molecule has 13 heteroatoms. The van der Waals surface area contributed by atoms with Gasteiger partial charge in [0.05, 0.1) is 19.1 Å². The lowest BCUT2D eigenvalue weighted by atomic mass is 9.95. The van der Waals surface area contributed by atoms with E-state index in [4.69, 9.17) is 4.74 Å². The number of likely N-dealkylation sites (N-methyl/N-ethyl adjacent to an activating group) is 1. The Hall–Kier alpha value is -2.93. The van der Waals surface area contributed by atoms with E-state index in [9.17, 15) is 30.8 Å². The summed E-state index contributed by atoms with van der Waals surface area (Å²) in [6, 6.07) is 1.43. The second kappa shape index (κ2) is 9.26. The van der Waals surface area contributed by atoms with Gasteiger partial charge in [-0.05, 0) is 18.1 Å². The molecule has 35 heavy (non-hydrogen) atoms. The number of alkyl halides is 3. The molecule has 4 rings (SSSR count). The standard InChI is InChI=1S/C22H22F5N3O4S/c1-29-8-9-34-19-15(6-3-7-16(19)24)14-5-2-4-13(18(14)25)10-17-20(28-35(32,33)12-23)22(26,27)11-30(17)21(29)31/h2-7,17,20,28H,8-12H2,1H3. The number of fused-ring (bicyclic) bond motifs is 5. The minimum atomic E-state index is -4.74. The molecule has 1 saturated heterocycles. The van der Waals surface area contributed by atoms with Gasteiger partial charge in [0.15, 0.2) is 11.6 Å². The zero-order valence-corrected chi connectivity index (χ0v) is 19.3. The Morgan fingerprint density at radius 1 is 1.14 bits per heavy atom. The van der Waals surface area contributed by atoms with Gasteiger partial charge in [-0.1, -0.05) is 30.3 Å². The van der Waals surface area contributed by atoms with E-state index in [2.05, 4.69) is 0 Å². The van der Waals surface area contributed by atoms with E-state index >= 15 is 4.39 Å². The van der Waals surface area contributed by atoms with Crippen LogP contribution in [0.2, 0.25) is 0 Å². The molecule has 2 aliphatic heterocycles. The smallest absolute Gasteiger partial charge is 0.320 e. The highest BCUT2D eigenvalue weighted by Crippen LogP contribution is 2.39. The van der Waals surface area contributed by atoms with E-state index in [-0.39, 0.29) is 35.6 Å². The molecule has 0 saturated carbocycles. The third kappa shape index (κ3) is 4.79. The summed E-state index contributed by atoms with van der Waals surface area (Å²) >= 11 is 0. The van der Waals surface area contributed by atoms with Crippen molar-refractivity contribution in [1.82, 2.24) is 14.5 Å². The molecule has 2 aromatic rings. The molecule has 7 nitrogen and oxygen atoms in total. The fourth-order valence-electron chi connectivity index (χ4n) is 4.37. The van der Waals surface area contributed by atoms with Crippen LogP contribution in [0.5, 0.6) is 5.75 Å². The average Bonchev–Trinajstić information content (AvgIpc) is 3.04. The Kier molecular flexibility index (Phi) is 6.66. The number of nitrogens with zero attached hydrogens (tertiary/aromatic N) is 2. The lowest BCUT2D eigenvalue weighted by Gasteiger charge is -2.31. The van der Waals surface area contributed by atoms with Gasteiger partial charge in [0.2, 0.25) is 16.0 Å². The first-order valence-electron chi connectivity index (χ1n) is 10.6. The van der Waals surface area contributed by atoms with Gasteiger partial charge in [-0.25, -0.2) is 39.9 Å². The summed E-state index contributed by atoms with van der Waals surface area (Å²) < 4.78 is 104. The van der Waals surface area contributed by atoms with Crippen LogP contribution in [-0.4, -0.2) is 75.0 Å². The van der Waals surface area contributed by atoms with Crippen LogP contribution in [0.4, 0.5) is 26.7 Å². The molecule has 1 N–H and O–H groups in total. The molecule has 0 spiro atoms. The van der Waals surface area contributed by atoms with Crippen molar-refractivity contribution >= 4 is 16.1 Å². The third-order valence-corrected chi connectivity index (χ3v) is 6.98. The van der Waals surface area contributed by atoms with Gasteiger partial charge in [-0.2, -0.15) is 0 Å². The summed E-state index contributed by atoms with van der Waals surface area (Å²) in [5.41, 5.74) is -0.0986. The highest BCUT2D eigenvalue weighted by atomic mass is 32.2. The second-order valence-corrected chi connectivity index (χ2v) is 10.1. The van der Waals surface area contributed by atoms with Crippen LogP contribution in [0.3, 0.4) is 0 Å². The SMILES string of the molecule is CN1CCOc2c(F)cccc2-c2cccc(c2F)CC2C(NS(=O)(=O)CF)C(F)(F)CN2C1=O. The number of hydrogen-bond donors (Lipinski definition) is 1. The van der Waals surface area contributed by atoms with Crippen molar-refractivity contribution in [3.63, 3.8) is 0 Å². The van der Waals surface area contributed by atoms with Crippen molar-refractivity contribution in [2.75, 3.05) is 32.8 Å². The fraction of sp³-hybridized carbons (Fsp3) is 0.409. The van der Waals surface area contributed by atoms with Gasteiger partial charge in [0.1, 0.15) is 18.5 Å². The Labute approximate surface area is 198 Å². The maximum Gasteiger partial charge on any atom is 0.320 e. The van der Waals surface area contributed by atoms with Crippen molar-refractivity contribution in [3.05, 3.63) is 53.6 Å². The molecule has 1 fully saturated rings. The number of urea groups is 1. The van der Waals surface area contributed by atoms with Crippen LogP contribution in [0.25, 0.3) is 11.1 Å². The molecule has 2 unspecified atom stereocenters. The molecule has 0 radical (unpaired) electrons. The van der Waals surface area contributed by atoms with E-state index in [0.29, 0.717) is 0 Å². The number of sulfonamides is 1. The van der Waals surface area contributed by atoms with Crippen LogP contribution < -0.4 is 9.46 Å². The number of hydrogen-bond acceptors (Lipinski definition) is 4. The molecule has 2 bridgehead atoms. The van der Waals surface area contributed by atoms with E-state index in [1.54, 1.807) is 4.72 Å². The normalized spacial score (nSPS) is 22.4. The maximum absolute atomic E-state index is 15.6. The lowest BCUT2D eigenvalue weighted by Crippen LogP contribution is -2.53. The van der Waals surface area contributed by atoms with E-state index < -0.39 is 64.7 Å². The molecule has 2 amide bonds. The topological polar surface area (TPSA) is 79.0 Å². The summed E-state index contributed by atoms with van der Waals surface area (Å²) in [6.45, 7) is -1.54. The number of para-hydroxylation sites is 1. The van der Waals surface area contributed by atoms with Crippen LogP contribution in [0.15, 0.2) is 36.4 Å². The van der Waals surface area contributed by atoms with Gasteiger partial charge in [-0.3, -0.25) is 0 Å². The van der Waals surface area contributed by atoms with Crippen molar-refractivity contribution in [3.8, 4) is 16.9 Å².